The van der Waals surface area contributed by atoms with Crippen LogP contribution < -0.4 is 10.5 Å². The number of ether oxygens (including phenoxy) is 1. The summed E-state index contributed by atoms with van der Waals surface area (Å²) in [4.78, 5) is 8.23. The maximum atomic E-state index is 6.30. The Bertz CT molecular complexity index is 1070. The number of nitrogens with zero attached hydrogens (tertiary/aromatic N) is 1. The van der Waals surface area contributed by atoms with Crippen molar-refractivity contribution < 1.29 is 4.74 Å². The summed E-state index contributed by atoms with van der Waals surface area (Å²) >= 11 is 0. The Morgan fingerprint density at radius 1 is 1.00 bits per heavy atom. The van der Waals surface area contributed by atoms with Gasteiger partial charge >= 0.3 is 0 Å². The van der Waals surface area contributed by atoms with Crippen LogP contribution in [-0.2, 0) is 0 Å². The molecule has 1 unspecified atom stereocenters. The minimum Gasteiger partial charge on any atom is -0.497 e. The van der Waals surface area contributed by atoms with Crippen molar-refractivity contribution in [3.63, 3.8) is 0 Å². The number of nitrogens with two attached hydrogens (primary N) is 1. The molecule has 3 N–H and O–H groups in total. The lowest BCUT2D eigenvalue weighted by molar-refractivity contribution is 0.415. The number of nitrogens with one attached hydrogen (secondary N) is 1. The highest BCUT2D eigenvalue weighted by Crippen LogP contribution is 2.31. The average Bonchev–Trinajstić information content (AvgIpc) is 3.09. The highest BCUT2D eigenvalue weighted by Gasteiger charge is 2.12. The van der Waals surface area contributed by atoms with Crippen molar-refractivity contribution in [3.05, 3.63) is 60.3 Å². The smallest absolute Gasteiger partial charge is 0.138 e. The van der Waals surface area contributed by atoms with Crippen LogP contribution in [0, 0.1) is 0 Å². The van der Waals surface area contributed by atoms with Crippen LogP contribution in [0.2, 0.25) is 0 Å². The van der Waals surface area contributed by atoms with E-state index in [0.29, 0.717) is 0 Å². The van der Waals surface area contributed by atoms with E-state index in [4.69, 9.17) is 15.5 Å². The molecule has 2 heterocycles. The maximum absolute atomic E-state index is 6.30. The number of fused-ring (bicyclic) bond motifs is 3. The van der Waals surface area contributed by atoms with Gasteiger partial charge in [0.2, 0.25) is 0 Å². The summed E-state index contributed by atoms with van der Waals surface area (Å²) in [7, 11) is 1.68. The fourth-order valence-electron chi connectivity index (χ4n) is 3.53. The Morgan fingerprint density at radius 3 is 2.52 bits per heavy atom. The molecule has 0 radical (unpaired) electrons. The molecule has 0 fully saturated rings. The minimum absolute atomic E-state index is 0.00405. The fraction of sp³-hybridized carbons (Fsp3) is 0.261. The molecular formula is C23H25N3O. The van der Waals surface area contributed by atoms with E-state index in [9.17, 15) is 0 Å². The summed E-state index contributed by atoms with van der Waals surface area (Å²) in [6.45, 7) is 2.18. The Morgan fingerprint density at radius 2 is 1.78 bits per heavy atom. The lowest BCUT2D eigenvalue weighted by Gasteiger charge is -2.10. The van der Waals surface area contributed by atoms with Gasteiger partial charge in [-0.25, -0.2) is 4.98 Å². The summed E-state index contributed by atoms with van der Waals surface area (Å²) in [5.74, 6) is 0.864. The first-order valence-electron chi connectivity index (χ1n) is 9.52. The van der Waals surface area contributed by atoms with Gasteiger partial charge in [0.1, 0.15) is 11.4 Å². The van der Waals surface area contributed by atoms with Gasteiger partial charge in [0, 0.05) is 22.3 Å². The molecule has 1 atom stereocenters. The van der Waals surface area contributed by atoms with Crippen molar-refractivity contribution in [2.45, 2.75) is 32.2 Å². The second-order valence-electron chi connectivity index (χ2n) is 6.99. The largest absolute Gasteiger partial charge is 0.497 e. The van der Waals surface area contributed by atoms with Crippen molar-refractivity contribution >= 4 is 21.9 Å². The van der Waals surface area contributed by atoms with Crippen LogP contribution in [0.3, 0.4) is 0 Å². The van der Waals surface area contributed by atoms with E-state index in [2.05, 4.69) is 54.4 Å². The van der Waals surface area contributed by atoms with Gasteiger partial charge < -0.3 is 15.5 Å². The lowest BCUT2D eigenvalue weighted by Crippen LogP contribution is -2.11. The third-order valence-electron chi connectivity index (χ3n) is 5.15. The minimum atomic E-state index is -0.00405. The summed E-state index contributed by atoms with van der Waals surface area (Å²) in [5.41, 5.74) is 11.6. The van der Waals surface area contributed by atoms with Gasteiger partial charge in [-0.05, 0) is 53.9 Å². The number of aromatic amines is 1. The molecule has 0 aliphatic rings. The van der Waals surface area contributed by atoms with E-state index >= 15 is 0 Å². The van der Waals surface area contributed by atoms with Crippen LogP contribution in [0.5, 0.6) is 5.75 Å². The highest BCUT2D eigenvalue weighted by molar-refractivity contribution is 6.07. The molecule has 0 aliphatic heterocycles. The predicted molar refractivity (Wildman–Crippen MR) is 112 cm³/mol. The molecule has 27 heavy (non-hydrogen) atoms. The Hall–Kier alpha value is -2.85. The molecule has 2 aromatic carbocycles. The van der Waals surface area contributed by atoms with E-state index in [1.54, 1.807) is 7.11 Å². The SMILES string of the molecule is CCCCC(N)c1ccc2c(n1)[nH]c1ccc(-c3ccc(OC)cc3)cc12. The number of pyridine rings is 1. The number of hydrogen-bond donors (Lipinski definition) is 2. The summed E-state index contributed by atoms with van der Waals surface area (Å²) in [6, 6.07) is 18.8. The summed E-state index contributed by atoms with van der Waals surface area (Å²) in [6.07, 6.45) is 3.24. The molecule has 4 aromatic rings. The normalized spacial score (nSPS) is 12.6. The van der Waals surface area contributed by atoms with Crippen LogP contribution in [0.1, 0.15) is 37.9 Å². The van der Waals surface area contributed by atoms with E-state index in [1.165, 1.54) is 16.5 Å². The Labute approximate surface area is 159 Å². The molecule has 4 rings (SSSR count). The number of H-pyrrole nitrogens is 1. The quantitative estimate of drug-likeness (QED) is 0.472. The molecule has 0 spiro atoms. The zero-order valence-electron chi connectivity index (χ0n) is 15.8. The molecule has 138 valence electrons. The highest BCUT2D eigenvalue weighted by atomic mass is 16.5. The second-order valence-corrected chi connectivity index (χ2v) is 6.99. The van der Waals surface area contributed by atoms with E-state index < -0.39 is 0 Å². The van der Waals surface area contributed by atoms with E-state index in [-0.39, 0.29) is 6.04 Å². The van der Waals surface area contributed by atoms with Crippen LogP contribution >= 0.6 is 0 Å². The Kier molecular flexibility index (Phi) is 4.82. The first-order chi connectivity index (χ1) is 13.2. The summed E-state index contributed by atoms with van der Waals surface area (Å²) in [5, 5.41) is 2.31. The first kappa shape index (κ1) is 17.6. The van der Waals surface area contributed by atoms with E-state index in [1.807, 2.05) is 12.1 Å². The van der Waals surface area contributed by atoms with Gasteiger partial charge in [0.15, 0.2) is 0 Å². The molecule has 0 bridgehead atoms. The number of hydrogen-bond acceptors (Lipinski definition) is 3. The number of rotatable bonds is 6. The molecule has 2 aromatic heterocycles. The van der Waals surface area contributed by atoms with Gasteiger partial charge in [0.25, 0.3) is 0 Å². The van der Waals surface area contributed by atoms with Crippen molar-refractivity contribution in [1.29, 1.82) is 0 Å². The van der Waals surface area contributed by atoms with Crippen molar-refractivity contribution in [2.75, 3.05) is 7.11 Å². The van der Waals surface area contributed by atoms with Crippen LogP contribution in [0.15, 0.2) is 54.6 Å². The predicted octanol–water partition coefficient (Wildman–Crippen LogP) is 5.58. The van der Waals surface area contributed by atoms with Gasteiger partial charge in [-0.15, -0.1) is 0 Å². The monoisotopic (exact) mass is 359 g/mol. The number of unbranched alkanes of at least 4 members (excludes halogenated alkanes) is 1. The molecular weight excluding hydrogens is 334 g/mol. The van der Waals surface area contributed by atoms with Crippen LogP contribution in [-0.4, -0.2) is 17.1 Å². The lowest BCUT2D eigenvalue weighted by atomic mass is 10.0. The molecule has 0 saturated carbocycles. The average molecular weight is 359 g/mol. The molecule has 0 amide bonds. The van der Waals surface area contributed by atoms with Crippen molar-refractivity contribution in [2.24, 2.45) is 5.73 Å². The molecule has 0 saturated heterocycles. The van der Waals surface area contributed by atoms with Crippen LogP contribution in [0.25, 0.3) is 33.1 Å². The standard InChI is InChI=1S/C23H25N3O/c1-3-4-5-20(24)22-13-11-18-19-14-16(8-12-21(19)25-23(18)26-22)15-6-9-17(27-2)10-7-15/h6-14,20H,3-5,24H2,1-2H3,(H,25,26). The van der Waals surface area contributed by atoms with Gasteiger partial charge in [-0.1, -0.05) is 38.0 Å². The molecule has 4 nitrogen and oxygen atoms in total. The van der Waals surface area contributed by atoms with Gasteiger partial charge in [0.05, 0.1) is 12.8 Å². The second kappa shape index (κ2) is 7.41. The van der Waals surface area contributed by atoms with Crippen molar-refractivity contribution in [1.82, 2.24) is 9.97 Å². The zero-order valence-corrected chi connectivity index (χ0v) is 15.8. The first-order valence-corrected chi connectivity index (χ1v) is 9.52. The van der Waals surface area contributed by atoms with Crippen LogP contribution in [0.4, 0.5) is 0 Å². The summed E-state index contributed by atoms with van der Waals surface area (Å²) < 4.78 is 5.25. The maximum Gasteiger partial charge on any atom is 0.138 e. The van der Waals surface area contributed by atoms with Crippen molar-refractivity contribution in [3.8, 4) is 16.9 Å². The van der Waals surface area contributed by atoms with E-state index in [0.717, 1.165) is 47.3 Å². The topological polar surface area (TPSA) is 63.9 Å². The van der Waals surface area contributed by atoms with Gasteiger partial charge in [-0.2, -0.15) is 0 Å². The third-order valence-corrected chi connectivity index (χ3v) is 5.15. The van der Waals surface area contributed by atoms with Gasteiger partial charge in [-0.3, -0.25) is 0 Å². The fourth-order valence-corrected chi connectivity index (χ4v) is 3.53. The molecule has 4 heteroatoms. The Balaban J connectivity index is 1.73. The number of benzene rings is 2. The zero-order chi connectivity index (χ0) is 18.8. The molecule has 0 aliphatic carbocycles. The number of methoxy groups -OCH3 is 1. The number of aromatic nitrogens is 2. The third kappa shape index (κ3) is 3.40.